The van der Waals surface area contributed by atoms with Crippen molar-refractivity contribution in [3.63, 3.8) is 0 Å². The molecule has 1 saturated heterocycles. The first-order valence-electron chi connectivity index (χ1n) is 16.6. The van der Waals surface area contributed by atoms with Crippen molar-refractivity contribution in [3.8, 4) is 17.4 Å². The Labute approximate surface area is 291 Å². The van der Waals surface area contributed by atoms with Crippen molar-refractivity contribution in [2.45, 2.75) is 52.9 Å². The predicted molar refractivity (Wildman–Crippen MR) is 190 cm³/mol. The van der Waals surface area contributed by atoms with E-state index in [1.54, 1.807) is 18.2 Å². The van der Waals surface area contributed by atoms with Crippen LogP contribution >= 0.6 is 11.6 Å². The number of hydrogen-bond donors (Lipinski definition) is 3. The molecule has 4 aromatic rings. The van der Waals surface area contributed by atoms with Gasteiger partial charge in [0.2, 0.25) is 11.8 Å². The molecule has 1 aliphatic heterocycles. The number of nitrogens with one attached hydrogen (secondary N) is 3. The lowest BCUT2D eigenvalue weighted by Gasteiger charge is -2.26. The highest BCUT2D eigenvalue weighted by Crippen LogP contribution is 2.33. The van der Waals surface area contributed by atoms with E-state index in [-0.39, 0.29) is 39.8 Å². The van der Waals surface area contributed by atoms with Crippen molar-refractivity contribution in [3.05, 3.63) is 93.9 Å². The molecule has 0 radical (unpaired) electrons. The van der Waals surface area contributed by atoms with Crippen LogP contribution in [-0.2, 0) is 0 Å². The topological polar surface area (TPSA) is 118 Å². The van der Waals surface area contributed by atoms with Crippen LogP contribution in [0.3, 0.4) is 0 Å². The molecule has 0 spiro atoms. The molecule has 3 aromatic carbocycles. The van der Waals surface area contributed by atoms with Crippen LogP contribution in [-0.4, -0.2) is 59.5 Å². The smallest absolute Gasteiger partial charge is 0.262 e. The second kappa shape index (κ2) is 17.1. The molecule has 2 amide bonds. The van der Waals surface area contributed by atoms with Gasteiger partial charge in [-0.2, -0.15) is 4.98 Å². The fraction of sp³-hybridized carbons (Fsp3) is 0.351. The number of halogens is 2. The number of aryl methyl sites for hydroxylation is 2. The van der Waals surface area contributed by atoms with Gasteiger partial charge < -0.3 is 30.3 Å². The fourth-order valence-electron chi connectivity index (χ4n) is 5.50. The number of anilines is 3. The van der Waals surface area contributed by atoms with E-state index < -0.39 is 11.7 Å². The average Bonchev–Trinajstić information content (AvgIpc) is 3.09. The Morgan fingerprint density at radius 3 is 2.45 bits per heavy atom. The van der Waals surface area contributed by atoms with Crippen molar-refractivity contribution >= 4 is 40.7 Å². The van der Waals surface area contributed by atoms with E-state index in [1.807, 2.05) is 39.0 Å². The maximum atomic E-state index is 15.0. The normalized spacial score (nSPS) is 13.1. The second-order valence-electron chi connectivity index (χ2n) is 12.0. The SMILES string of the molecule is CCCNC(=O)c1ccc(Oc2nc(Nc3ccc(OCCCN4CCCCC4)c(F)c3)ncc2C(=O)Nc2c(C)cccc2C)c(Cl)c1. The number of carbonyl (C=O) groups is 2. The highest BCUT2D eigenvalue weighted by molar-refractivity contribution is 6.32. The van der Waals surface area contributed by atoms with Crippen molar-refractivity contribution in [2.75, 3.05) is 43.4 Å². The maximum absolute atomic E-state index is 15.0. The van der Waals surface area contributed by atoms with Gasteiger partial charge in [-0.15, -0.1) is 0 Å². The van der Waals surface area contributed by atoms with E-state index in [2.05, 4.69) is 30.8 Å². The van der Waals surface area contributed by atoms with Gasteiger partial charge >= 0.3 is 0 Å². The minimum Gasteiger partial charge on any atom is -0.490 e. The molecule has 10 nitrogen and oxygen atoms in total. The number of likely N-dealkylation sites (tertiary alicyclic amines) is 1. The molecule has 5 rings (SSSR count). The monoisotopic (exact) mass is 688 g/mol. The van der Waals surface area contributed by atoms with Crippen molar-refractivity contribution < 1.29 is 23.5 Å². The molecular weight excluding hydrogens is 647 g/mol. The summed E-state index contributed by atoms with van der Waals surface area (Å²) < 4.78 is 26.8. The van der Waals surface area contributed by atoms with Crippen molar-refractivity contribution in [1.29, 1.82) is 0 Å². The van der Waals surface area contributed by atoms with Crippen LogP contribution in [0.2, 0.25) is 5.02 Å². The van der Waals surface area contributed by atoms with Crippen LogP contribution in [0.25, 0.3) is 0 Å². The molecule has 258 valence electrons. The third-order valence-corrected chi connectivity index (χ3v) is 8.46. The van der Waals surface area contributed by atoms with Gasteiger partial charge in [0.1, 0.15) is 11.3 Å². The standard InChI is InChI=1S/C37H42ClFN6O4/c1-4-16-40-34(46)26-12-14-31(29(38)21-26)49-36-28(35(47)43-33-24(2)10-8-11-25(33)3)23-41-37(44-36)42-27-13-15-32(30(39)22-27)48-20-9-19-45-17-6-5-7-18-45/h8,10-15,21-23H,4-7,9,16-20H2,1-3H3,(H,40,46)(H,43,47)(H,41,42,44). The number of amides is 2. The van der Waals surface area contributed by atoms with Crippen LogP contribution in [0.1, 0.15) is 70.9 Å². The van der Waals surface area contributed by atoms with E-state index in [9.17, 15) is 9.59 Å². The van der Waals surface area contributed by atoms with E-state index in [4.69, 9.17) is 21.1 Å². The zero-order valence-corrected chi connectivity index (χ0v) is 28.8. The average molecular weight is 689 g/mol. The Hall–Kier alpha value is -4.74. The summed E-state index contributed by atoms with van der Waals surface area (Å²) in [7, 11) is 0. The molecule has 1 aliphatic rings. The van der Waals surface area contributed by atoms with Crippen LogP contribution in [0.5, 0.6) is 17.4 Å². The van der Waals surface area contributed by atoms with Gasteiger partial charge in [-0.3, -0.25) is 9.59 Å². The summed E-state index contributed by atoms with van der Waals surface area (Å²) in [5.74, 6) is -1.00. The Kier molecular flexibility index (Phi) is 12.4. The molecule has 0 aliphatic carbocycles. The van der Waals surface area contributed by atoms with Gasteiger partial charge in [-0.1, -0.05) is 43.1 Å². The fourth-order valence-corrected chi connectivity index (χ4v) is 5.72. The molecule has 2 heterocycles. The summed E-state index contributed by atoms with van der Waals surface area (Å²) in [6.07, 6.45) is 6.67. The molecule has 0 atom stereocenters. The molecule has 0 saturated carbocycles. The first-order chi connectivity index (χ1) is 23.7. The lowest BCUT2D eigenvalue weighted by atomic mass is 10.1. The Balaban J connectivity index is 1.34. The molecule has 12 heteroatoms. The van der Waals surface area contributed by atoms with Crippen LogP contribution in [0, 0.1) is 19.7 Å². The third-order valence-electron chi connectivity index (χ3n) is 8.17. The largest absolute Gasteiger partial charge is 0.490 e. The van der Waals surface area contributed by atoms with Gasteiger partial charge in [0.15, 0.2) is 11.6 Å². The van der Waals surface area contributed by atoms with E-state index >= 15 is 4.39 Å². The Bertz CT molecular complexity index is 1760. The molecule has 49 heavy (non-hydrogen) atoms. The highest BCUT2D eigenvalue weighted by atomic mass is 35.5. The zero-order valence-electron chi connectivity index (χ0n) is 28.1. The number of rotatable bonds is 14. The number of ether oxygens (including phenoxy) is 2. The summed E-state index contributed by atoms with van der Waals surface area (Å²) >= 11 is 6.53. The number of para-hydroxylation sites is 1. The summed E-state index contributed by atoms with van der Waals surface area (Å²) in [5, 5.41) is 8.86. The zero-order chi connectivity index (χ0) is 34.8. The third kappa shape index (κ3) is 9.67. The number of nitrogens with zero attached hydrogens (tertiary/aromatic N) is 3. The van der Waals surface area contributed by atoms with Crippen molar-refractivity contribution in [1.82, 2.24) is 20.2 Å². The van der Waals surface area contributed by atoms with Gasteiger partial charge in [-0.05, 0) is 94.1 Å². The lowest BCUT2D eigenvalue weighted by molar-refractivity contribution is 0.0952. The molecule has 1 fully saturated rings. The Morgan fingerprint density at radius 1 is 0.980 bits per heavy atom. The van der Waals surface area contributed by atoms with Gasteiger partial charge in [-0.25, -0.2) is 9.37 Å². The van der Waals surface area contributed by atoms with E-state index in [0.717, 1.165) is 43.6 Å². The molecular formula is C37H42ClFN6O4. The summed E-state index contributed by atoms with van der Waals surface area (Å²) in [4.78, 5) is 37.2. The minimum absolute atomic E-state index is 0.0357. The van der Waals surface area contributed by atoms with E-state index in [0.29, 0.717) is 30.1 Å². The summed E-state index contributed by atoms with van der Waals surface area (Å²) in [6.45, 7) is 9.86. The highest BCUT2D eigenvalue weighted by Gasteiger charge is 2.21. The predicted octanol–water partition coefficient (Wildman–Crippen LogP) is 8.07. The number of hydrogen-bond acceptors (Lipinski definition) is 8. The van der Waals surface area contributed by atoms with Gasteiger partial charge in [0, 0.05) is 42.3 Å². The minimum atomic E-state index is -0.529. The number of carbonyl (C=O) groups excluding carboxylic acids is 2. The molecule has 0 bridgehead atoms. The first-order valence-corrected chi connectivity index (χ1v) is 17.0. The maximum Gasteiger partial charge on any atom is 0.262 e. The number of piperidine rings is 1. The molecule has 0 unspecified atom stereocenters. The quantitative estimate of drug-likeness (QED) is 0.114. The molecule has 1 aromatic heterocycles. The van der Waals surface area contributed by atoms with Crippen LogP contribution in [0.15, 0.2) is 60.8 Å². The van der Waals surface area contributed by atoms with Crippen LogP contribution < -0.4 is 25.4 Å². The molecule has 3 N–H and O–H groups in total. The lowest BCUT2D eigenvalue weighted by Crippen LogP contribution is -2.31. The number of benzene rings is 3. The van der Waals surface area contributed by atoms with Crippen LogP contribution in [0.4, 0.5) is 21.7 Å². The summed E-state index contributed by atoms with van der Waals surface area (Å²) in [5.41, 5.74) is 3.19. The van der Waals surface area contributed by atoms with Crippen molar-refractivity contribution in [2.24, 2.45) is 0 Å². The Morgan fingerprint density at radius 2 is 1.73 bits per heavy atom. The van der Waals surface area contributed by atoms with E-state index in [1.165, 1.54) is 43.7 Å². The van der Waals surface area contributed by atoms with Gasteiger partial charge in [0.25, 0.3) is 11.8 Å². The first kappa shape index (κ1) is 35.6. The van der Waals surface area contributed by atoms with Gasteiger partial charge in [0.05, 0.1) is 11.6 Å². The number of aromatic nitrogens is 2. The summed E-state index contributed by atoms with van der Waals surface area (Å²) in [6, 6.07) is 14.8. The second-order valence-corrected chi connectivity index (χ2v) is 12.4.